The lowest BCUT2D eigenvalue weighted by atomic mass is 10.1. The summed E-state index contributed by atoms with van der Waals surface area (Å²) in [6, 6.07) is 0. The molecule has 0 saturated heterocycles. The number of hydrogen-bond donors (Lipinski definition) is 0. The molecular formula is C66H110O6. The number of carbonyl (C=O) groups is 3. The van der Waals surface area contributed by atoms with Crippen molar-refractivity contribution in [2.75, 3.05) is 13.2 Å². The van der Waals surface area contributed by atoms with Crippen LogP contribution >= 0.6 is 0 Å². The maximum Gasteiger partial charge on any atom is 0.306 e. The van der Waals surface area contributed by atoms with Gasteiger partial charge in [0.05, 0.1) is 0 Å². The van der Waals surface area contributed by atoms with Crippen LogP contribution in [0.4, 0.5) is 0 Å². The minimum absolute atomic E-state index is 0.108. The molecule has 6 heteroatoms. The zero-order valence-electron chi connectivity index (χ0n) is 46.9. The average Bonchev–Trinajstić information content (AvgIpc) is 3.38. The third kappa shape index (κ3) is 57.0. The van der Waals surface area contributed by atoms with Gasteiger partial charge in [-0.1, -0.05) is 252 Å². The summed E-state index contributed by atoms with van der Waals surface area (Å²) in [5.74, 6) is -0.991. The molecule has 0 fully saturated rings. The van der Waals surface area contributed by atoms with Crippen LogP contribution in [0, 0.1) is 0 Å². The second-order valence-electron chi connectivity index (χ2n) is 19.6. The van der Waals surface area contributed by atoms with Gasteiger partial charge in [-0.15, -0.1) is 0 Å². The van der Waals surface area contributed by atoms with Crippen molar-refractivity contribution in [1.29, 1.82) is 0 Å². The Labute approximate surface area is 444 Å². The highest BCUT2D eigenvalue weighted by molar-refractivity contribution is 5.71. The van der Waals surface area contributed by atoms with Crippen molar-refractivity contribution in [3.63, 3.8) is 0 Å². The third-order valence-electron chi connectivity index (χ3n) is 12.6. The van der Waals surface area contributed by atoms with E-state index in [9.17, 15) is 14.4 Å². The molecule has 0 heterocycles. The Balaban J connectivity index is 4.53. The van der Waals surface area contributed by atoms with E-state index in [1.54, 1.807) is 0 Å². The van der Waals surface area contributed by atoms with Gasteiger partial charge in [0.1, 0.15) is 13.2 Å². The SMILES string of the molecule is CCCCC\C=C/C=C\C=C/C=C\CCCCCCCC(=O)OC(COC(=O)CCC/C=C\C/C=C\C/C=C\C/C=C\CCCCC)COC(=O)CCCCCCCCC/C=C\CCCCCCCCCC. The molecule has 72 heavy (non-hydrogen) atoms. The second kappa shape index (κ2) is 59.6. The topological polar surface area (TPSA) is 78.9 Å². The molecule has 0 spiro atoms. The summed E-state index contributed by atoms with van der Waals surface area (Å²) >= 11 is 0. The van der Waals surface area contributed by atoms with Crippen LogP contribution in [0.1, 0.15) is 271 Å². The summed E-state index contributed by atoms with van der Waals surface area (Å²) < 4.78 is 16.8. The molecule has 0 aliphatic heterocycles. The zero-order valence-corrected chi connectivity index (χ0v) is 46.9. The molecule has 410 valence electrons. The van der Waals surface area contributed by atoms with Gasteiger partial charge in [-0.2, -0.15) is 0 Å². The predicted octanol–water partition coefficient (Wildman–Crippen LogP) is 20.3. The van der Waals surface area contributed by atoms with E-state index in [2.05, 4.69) is 130 Å². The van der Waals surface area contributed by atoms with Gasteiger partial charge in [0, 0.05) is 19.3 Å². The fourth-order valence-corrected chi connectivity index (χ4v) is 8.03. The maximum atomic E-state index is 12.9. The molecule has 0 bridgehead atoms. The van der Waals surface area contributed by atoms with Crippen LogP contribution in [-0.2, 0) is 28.6 Å². The van der Waals surface area contributed by atoms with Crippen molar-refractivity contribution in [2.45, 2.75) is 277 Å². The first-order chi connectivity index (χ1) is 35.5. The van der Waals surface area contributed by atoms with Gasteiger partial charge >= 0.3 is 17.9 Å². The Morgan fingerprint density at radius 1 is 0.292 bits per heavy atom. The summed E-state index contributed by atoms with van der Waals surface area (Å²) in [4.78, 5) is 38.2. The first kappa shape index (κ1) is 68.1. The molecule has 1 atom stereocenters. The van der Waals surface area contributed by atoms with Crippen LogP contribution in [-0.4, -0.2) is 37.2 Å². The van der Waals surface area contributed by atoms with E-state index >= 15 is 0 Å². The number of rotatable bonds is 53. The molecule has 0 aliphatic rings. The number of unbranched alkanes of at least 4 members (excludes halogenated alkanes) is 27. The van der Waals surface area contributed by atoms with E-state index < -0.39 is 6.10 Å². The van der Waals surface area contributed by atoms with Gasteiger partial charge in [-0.3, -0.25) is 14.4 Å². The fourth-order valence-electron chi connectivity index (χ4n) is 8.03. The third-order valence-corrected chi connectivity index (χ3v) is 12.6. The lowest BCUT2D eigenvalue weighted by Crippen LogP contribution is -2.30. The highest BCUT2D eigenvalue weighted by Crippen LogP contribution is 2.14. The predicted molar refractivity (Wildman–Crippen MR) is 311 cm³/mol. The maximum absolute atomic E-state index is 12.9. The van der Waals surface area contributed by atoms with E-state index in [0.29, 0.717) is 12.8 Å². The normalized spacial score (nSPS) is 12.9. The Morgan fingerprint density at radius 3 is 1.00 bits per heavy atom. The molecule has 6 nitrogen and oxygen atoms in total. The smallest absolute Gasteiger partial charge is 0.306 e. The summed E-state index contributed by atoms with van der Waals surface area (Å²) in [6.45, 7) is 6.51. The molecule has 0 aromatic rings. The van der Waals surface area contributed by atoms with Crippen molar-refractivity contribution in [3.05, 3.63) is 109 Å². The van der Waals surface area contributed by atoms with Crippen molar-refractivity contribution >= 4 is 17.9 Å². The molecule has 0 saturated carbocycles. The van der Waals surface area contributed by atoms with E-state index in [1.165, 1.54) is 135 Å². The van der Waals surface area contributed by atoms with Gasteiger partial charge in [0.2, 0.25) is 0 Å². The van der Waals surface area contributed by atoms with Crippen LogP contribution in [0.2, 0.25) is 0 Å². The van der Waals surface area contributed by atoms with Gasteiger partial charge in [0.25, 0.3) is 0 Å². The van der Waals surface area contributed by atoms with Crippen molar-refractivity contribution in [3.8, 4) is 0 Å². The van der Waals surface area contributed by atoms with Gasteiger partial charge in [-0.25, -0.2) is 0 Å². The standard InChI is InChI=1S/C66H110O6/c1-4-7-10-13-16-19-22-25-28-31-33-36-38-41-44-47-50-53-56-59-65(68)71-62-63(61-70-64(67)58-55-52-49-46-43-40-37-34-30-27-24-21-18-15-12-9-6-3)72-66(69)60-57-54-51-48-45-42-39-35-32-29-26-23-20-17-14-11-8-5-2/h17-18,20-21,23,26-27,29-33,35,37,39-40,46,49,63H,4-16,19,22,24-25,28,34,36,38,41-45,47-48,50-62H2,1-3H3/b20-17-,21-18-,26-23-,30-27-,32-29-,33-31-,39-35-,40-37-,49-46-. The molecule has 1 unspecified atom stereocenters. The summed E-state index contributed by atoms with van der Waals surface area (Å²) in [5.41, 5.74) is 0. The fraction of sp³-hybridized carbons (Fsp3) is 0.682. The molecule has 0 rings (SSSR count). The molecule has 0 aliphatic carbocycles. The van der Waals surface area contributed by atoms with E-state index in [0.717, 1.165) is 89.9 Å². The largest absolute Gasteiger partial charge is 0.462 e. The molecule has 0 radical (unpaired) electrons. The molecule has 0 amide bonds. The molecular weight excluding hydrogens is 889 g/mol. The quantitative estimate of drug-likeness (QED) is 0.0199. The number of carbonyl (C=O) groups excluding carboxylic acids is 3. The van der Waals surface area contributed by atoms with Crippen LogP contribution in [0.25, 0.3) is 0 Å². The monoisotopic (exact) mass is 999 g/mol. The lowest BCUT2D eigenvalue weighted by Gasteiger charge is -2.18. The van der Waals surface area contributed by atoms with Crippen LogP contribution in [0.3, 0.4) is 0 Å². The number of ether oxygens (including phenoxy) is 3. The van der Waals surface area contributed by atoms with Crippen LogP contribution < -0.4 is 0 Å². The summed E-state index contributed by atoms with van der Waals surface area (Å²) in [7, 11) is 0. The van der Waals surface area contributed by atoms with Crippen LogP contribution in [0.15, 0.2) is 109 Å². The van der Waals surface area contributed by atoms with Gasteiger partial charge < -0.3 is 14.2 Å². The highest BCUT2D eigenvalue weighted by Gasteiger charge is 2.19. The Morgan fingerprint density at radius 2 is 0.569 bits per heavy atom. The van der Waals surface area contributed by atoms with Crippen molar-refractivity contribution < 1.29 is 28.6 Å². The summed E-state index contributed by atoms with van der Waals surface area (Å²) in [5, 5.41) is 0. The first-order valence-corrected chi connectivity index (χ1v) is 29.9. The molecule has 0 N–H and O–H groups in total. The Kier molecular flexibility index (Phi) is 56.4. The highest BCUT2D eigenvalue weighted by atomic mass is 16.6. The van der Waals surface area contributed by atoms with Gasteiger partial charge in [0.15, 0.2) is 6.10 Å². The minimum atomic E-state index is -0.817. The zero-order chi connectivity index (χ0) is 52.2. The molecule has 0 aromatic carbocycles. The van der Waals surface area contributed by atoms with Crippen LogP contribution in [0.5, 0.6) is 0 Å². The van der Waals surface area contributed by atoms with Gasteiger partial charge in [-0.05, 0) is 109 Å². The van der Waals surface area contributed by atoms with Crippen molar-refractivity contribution in [1.82, 2.24) is 0 Å². The lowest BCUT2D eigenvalue weighted by molar-refractivity contribution is -0.167. The van der Waals surface area contributed by atoms with Crippen molar-refractivity contribution in [2.24, 2.45) is 0 Å². The van der Waals surface area contributed by atoms with E-state index in [-0.39, 0.29) is 44.0 Å². The van der Waals surface area contributed by atoms with E-state index in [4.69, 9.17) is 14.2 Å². The first-order valence-electron chi connectivity index (χ1n) is 29.9. The Bertz CT molecular complexity index is 1470. The Hall–Kier alpha value is -3.93. The molecule has 0 aromatic heterocycles. The minimum Gasteiger partial charge on any atom is -0.462 e. The number of allylic oxidation sites excluding steroid dienone is 18. The summed E-state index contributed by atoms with van der Waals surface area (Å²) in [6.07, 6.45) is 80.8. The number of esters is 3. The average molecular weight is 1000 g/mol. The van der Waals surface area contributed by atoms with E-state index in [1.807, 2.05) is 0 Å². The second-order valence-corrected chi connectivity index (χ2v) is 19.6. The number of hydrogen-bond acceptors (Lipinski definition) is 6.